The Morgan fingerprint density at radius 3 is 2.54 bits per heavy atom. The van der Waals surface area contributed by atoms with E-state index in [1.807, 2.05) is 6.92 Å². The zero-order valence-electron chi connectivity index (χ0n) is 12.9. The van der Waals surface area contributed by atoms with Crippen LogP contribution < -0.4 is 4.72 Å². The first-order valence-corrected chi connectivity index (χ1v) is 8.99. The van der Waals surface area contributed by atoms with Crippen molar-refractivity contribution >= 4 is 44.0 Å². The molecule has 0 amide bonds. The Morgan fingerprint density at radius 1 is 1.38 bits per heavy atom. The highest BCUT2D eigenvalue weighted by Gasteiger charge is 2.25. The van der Waals surface area contributed by atoms with Gasteiger partial charge in [-0.05, 0) is 28.4 Å². The number of sulfonamides is 1. The average Bonchev–Trinajstić information content (AvgIpc) is 2.79. The summed E-state index contributed by atoms with van der Waals surface area (Å²) in [5.74, 6) is 0. The monoisotopic (exact) mass is 438 g/mol. The van der Waals surface area contributed by atoms with E-state index < -0.39 is 20.6 Å². The highest BCUT2D eigenvalue weighted by molar-refractivity contribution is 9.10. The number of nitrogens with zero attached hydrogens (tertiary/aromatic N) is 3. The van der Waals surface area contributed by atoms with E-state index in [0.717, 1.165) is 22.7 Å². The molecule has 24 heavy (non-hydrogen) atoms. The van der Waals surface area contributed by atoms with Gasteiger partial charge in [0.25, 0.3) is 5.69 Å². The highest BCUT2D eigenvalue weighted by Crippen LogP contribution is 2.24. The van der Waals surface area contributed by atoms with Crippen molar-refractivity contribution in [1.29, 1.82) is 0 Å². The lowest BCUT2D eigenvalue weighted by Crippen LogP contribution is -2.24. The molecule has 0 aliphatic rings. The summed E-state index contributed by atoms with van der Waals surface area (Å²) in [4.78, 5) is 9.88. The maximum absolute atomic E-state index is 12.3. The van der Waals surface area contributed by atoms with Gasteiger partial charge < -0.3 is 0 Å². The van der Waals surface area contributed by atoms with Crippen LogP contribution in [0.2, 0.25) is 0 Å². The van der Waals surface area contributed by atoms with E-state index in [2.05, 4.69) is 25.8 Å². The summed E-state index contributed by atoms with van der Waals surface area (Å²) in [6, 6.07) is 5.21. The highest BCUT2D eigenvalue weighted by atomic mass is 79.9. The fraction of sp³-hybridized carbons (Fsp3) is 0.308. The molecule has 0 saturated heterocycles. The van der Waals surface area contributed by atoms with E-state index in [1.165, 1.54) is 18.2 Å². The van der Waals surface area contributed by atoms with Gasteiger partial charge in [-0.3, -0.25) is 14.8 Å². The largest absolute Gasteiger partial charge is 0.289 e. The molecule has 1 aromatic carbocycles. The van der Waals surface area contributed by atoms with E-state index in [9.17, 15) is 18.5 Å². The number of hydrogen-bond acceptors (Lipinski definition) is 5. The van der Waals surface area contributed by atoms with E-state index in [4.69, 9.17) is 0 Å². The quantitative estimate of drug-likeness (QED) is 0.550. The third-order valence-corrected chi connectivity index (χ3v) is 5.65. The lowest BCUT2D eigenvalue weighted by molar-refractivity contribution is -0.387. The molecule has 8 nitrogen and oxygen atoms in total. The van der Waals surface area contributed by atoms with Crippen LogP contribution in [-0.2, 0) is 30.0 Å². The SMILES string of the molecule is CCc1c(Br)c(CNS(=O)(=O)c2ccccc2[N+](=O)[O-])nn1C.Cl. The predicted molar refractivity (Wildman–Crippen MR) is 94.7 cm³/mol. The van der Waals surface area contributed by atoms with Crippen molar-refractivity contribution in [2.45, 2.75) is 24.8 Å². The first-order chi connectivity index (χ1) is 10.8. The summed E-state index contributed by atoms with van der Waals surface area (Å²) in [5.41, 5.74) is 0.991. The van der Waals surface area contributed by atoms with Gasteiger partial charge in [-0.25, -0.2) is 13.1 Å². The third-order valence-electron chi connectivity index (χ3n) is 3.28. The molecule has 1 N–H and O–H groups in total. The Bertz CT molecular complexity index is 854. The molecular weight excluding hydrogens is 424 g/mol. The molecule has 0 unspecified atom stereocenters. The van der Waals surface area contributed by atoms with Gasteiger partial charge in [0, 0.05) is 13.1 Å². The molecule has 0 aliphatic heterocycles. The fourth-order valence-corrected chi connectivity index (χ4v) is 4.08. The summed E-state index contributed by atoms with van der Waals surface area (Å²) in [6.07, 6.45) is 0.737. The van der Waals surface area contributed by atoms with Crippen LogP contribution in [0.4, 0.5) is 5.69 Å². The summed E-state index contributed by atoms with van der Waals surface area (Å²) >= 11 is 3.40. The number of benzene rings is 1. The van der Waals surface area contributed by atoms with Gasteiger partial charge in [-0.1, -0.05) is 19.1 Å². The second-order valence-corrected chi connectivity index (χ2v) is 7.26. The van der Waals surface area contributed by atoms with Crippen molar-refractivity contribution in [2.24, 2.45) is 7.05 Å². The summed E-state index contributed by atoms with van der Waals surface area (Å²) in [6.45, 7) is 1.89. The van der Waals surface area contributed by atoms with E-state index in [0.29, 0.717) is 5.69 Å². The summed E-state index contributed by atoms with van der Waals surface area (Å²) < 4.78 is 29.4. The second kappa shape index (κ2) is 8.06. The van der Waals surface area contributed by atoms with Gasteiger partial charge in [-0.15, -0.1) is 12.4 Å². The van der Waals surface area contributed by atoms with Crippen molar-refractivity contribution in [3.63, 3.8) is 0 Å². The Balaban J connectivity index is 0.00000288. The molecule has 132 valence electrons. The van der Waals surface area contributed by atoms with Gasteiger partial charge in [0.15, 0.2) is 4.90 Å². The molecule has 0 spiro atoms. The maximum Gasteiger partial charge on any atom is 0.289 e. The van der Waals surface area contributed by atoms with Crippen molar-refractivity contribution in [3.05, 3.63) is 50.2 Å². The van der Waals surface area contributed by atoms with Gasteiger partial charge in [0.2, 0.25) is 10.0 Å². The van der Waals surface area contributed by atoms with Crippen LogP contribution in [-0.4, -0.2) is 23.1 Å². The van der Waals surface area contributed by atoms with Crippen LogP contribution in [0.25, 0.3) is 0 Å². The summed E-state index contributed by atoms with van der Waals surface area (Å²) in [5, 5.41) is 15.2. The fourth-order valence-electron chi connectivity index (χ4n) is 2.17. The van der Waals surface area contributed by atoms with Crippen molar-refractivity contribution in [1.82, 2.24) is 14.5 Å². The van der Waals surface area contributed by atoms with E-state index in [-0.39, 0.29) is 23.8 Å². The van der Waals surface area contributed by atoms with Crippen LogP contribution in [0.5, 0.6) is 0 Å². The van der Waals surface area contributed by atoms with Crippen LogP contribution >= 0.6 is 28.3 Å². The topological polar surface area (TPSA) is 107 Å². The smallest absolute Gasteiger partial charge is 0.271 e. The van der Waals surface area contributed by atoms with Gasteiger partial charge in [-0.2, -0.15) is 5.10 Å². The lowest BCUT2D eigenvalue weighted by atomic mass is 10.3. The molecule has 0 radical (unpaired) electrons. The summed E-state index contributed by atoms with van der Waals surface area (Å²) in [7, 11) is -2.26. The van der Waals surface area contributed by atoms with Crippen LogP contribution in [0.1, 0.15) is 18.3 Å². The number of nitrogens with one attached hydrogen (secondary N) is 1. The normalized spacial score (nSPS) is 11.1. The Labute approximate surface area is 154 Å². The third kappa shape index (κ3) is 4.12. The minimum absolute atomic E-state index is 0. The molecule has 0 fully saturated rings. The van der Waals surface area contributed by atoms with Crippen LogP contribution in [0.15, 0.2) is 33.6 Å². The zero-order valence-corrected chi connectivity index (χ0v) is 16.1. The predicted octanol–water partition coefficient (Wildman–Crippen LogP) is 2.55. The molecule has 1 heterocycles. The molecular formula is C13H16BrClN4O4S. The molecule has 0 atom stereocenters. The maximum atomic E-state index is 12.3. The van der Waals surface area contributed by atoms with E-state index in [1.54, 1.807) is 11.7 Å². The number of nitro groups is 1. The standard InChI is InChI=1S/C13H15BrN4O4S.ClH/c1-3-10-13(14)9(16-17(10)2)8-15-23(21,22)12-7-5-4-6-11(12)18(19)20;/h4-7,15H,3,8H2,1-2H3;1H. The molecule has 2 aromatic rings. The Kier molecular flexibility index (Phi) is 6.90. The number of aromatic nitrogens is 2. The second-order valence-electron chi connectivity index (χ2n) is 4.73. The van der Waals surface area contributed by atoms with Crippen molar-refractivity contribution in [2.75, 3.05) is 0 Å². The molecule has 1 aromatic heterocycles. The van der Waals surface area contributed by atoms with Crippen molar-refractivity contribution < 1.29 is 13.3 Å². The Hall–Kier alpha value is -1.49. The van der Waals surface area contributed by atoms with E-state index >= 15 is 0 Å². The first kappa shape index (κ1) is 20.6. The number of halogens is 2. The zero-order chi connectivity index (χ0) is 17.2. The number of nitro benzene ring substituents is 1. The molecule has 0 aliphatic carbocycles. The number of para-hydroxylation sites is 1. The number of aryl methyl sites for hydroxylation is 1. The molecule has 2 rings (SSSR count). The number of hydrogen-bond donors (Lipinski definition) is 1. The van der Waals surface area contributed by atoms with Crippen LogP contribution in [0.3, 0.4) is 0 Å². The molecule has 11 heteroatoms. The number of rotatable bonds is 6. The van der Waals surface area contributed by atoms with Gasteiger partial charge in [0.05, 0.1) is 27.3 Å². The average molecular weight is 440 g/mol. The molecule has 0 saturated carbocycles. The molecule has 0 bridgehead atoms. The lowest BCUT2D eigenvalue weighted by Gasteiger charge is -2.06. The van der Waals surface area contributed by atoms with Crippen molar-refractivity contribution in [3.8, 4) is 0 Å². The first-order valence-electron chi connectivity index (χ1n) is 6.71. The Morgan fingerprint density at radius 2 is 2.00 bits per heavy atom. The minimum atomic E-state index is -4.02. The van der Waals surface area contributed by atoms with Crippen LogP contribution in [0, 0.1) is 10.1 Å². The minimum Gasteiger partial charge on any atom is -0.271 e. The van der Waals surface area contributed by atoms with Gasteiger partial charge >= 0.3 is 0 Å². The van der Waals surface area contributed by atoms with Gasteiger partial charge in [0.1, 0.15) is 0 Å².